The molecule has 2 aromatic rings. The van der Waals surface area contributed by atoms with Crippen molar-refractivity contribution in [3.63, 3.8) is 0 Å². The summed E-state index contributed by atoms with van der Waals surface area (Å²) in [6.07, 6.45) is 3.01. The number of halogens is 2. The molecule has 0 unspecified atom stereocenters. The molecule has 0 spiro atoms. The Bertz CT molecular complexity index is 735. The maximum atomic E-state index is 13.1. The summed E-state index contributed by atoms with van der Waals surface area (Å²) in [7, 11) is 0. The van der Waals surface area contributed by atoms with Crippen molar-refractivity contribution >= 4 is 17.4 Å². The number of ketones is 1. The van der Waals surface area contributed by atoms with Gasteiger partial charge >= 0.3 is 0 Å². The highest BCUT2D eigenvalue weighted by atomic mass is 35.5. The molecule has 0 amide bonds. The maximum Gasteiger partial charge on any atom is 0.140 e. The van der Waals surface area contributed by atoms with Crippen LogP contribution in [0.25, 0.3) is 0 Å². The predicted octanol–water partition coefficient (Wildman–Crippen LogP) is 3.99. The van der Waals surface area contributed by atoms with Gasteiger partial charge in [-0.25, -0.2) is 4.39 Å². The van der Waals surface area contributed by atoms with Crippen LogP contribution in [0.4, 0.5) is 4.39 Å². The van der Waals surface area contributed by atoms with E-state index in [-0.39, 0.29) is 17.5 Å². The normalized spacial score (nSPS) is 20.1. The van der Waals surface area contributed by atoms with Gasteiger partial charge in [0.1, 0.15) is 11.6 Å². The highest BCUT2D eigenvalue weighted by molar-refractivity contribution is 6.31. The first-order valence-corrected chi connectivity index (χ1v) is 8.03. The first-order valence-electron chi connectivity index (χ1n) is 7.66. The first-order chi connectivity index (χ1) is 11.1. The Morgan fingerprint density at radius 1 is 1.35 bits per heavy atom. The Labute approximate surface area is 139 Å². The largest absolute Gasteiger partial charge is 0.387 e. The van der Waals surface area contributed by atoms with Crippen molar-refractivity contribution in [1.29, 1.82) is 0 Å². The van der Waals surface area contributed by atoms with Crippen LogP contribution in [0.15, 0.2) is 36.5 Å². The molecule has 23 heavy (non-hydrogen) atoms. The smallest absolute Gasteiger partial charge is 0.140 e. The Morgan fingerprint density at radius 2 is 2.17 bits per heavy atom. The molecule has 0 aliphatic heterocycles. The monoisotopic (exact) mass is 333 g/mol. The van der Waals surface area contributed by atoms with Crippen molar-refractivity contribution in [2.24, 2.45) is 0 Å². The number of rotatable bonds is 4. The molecule has 2 atom stereocenters. The number of aliphatic hydroxyl groups excluding tert-OH is 1. The Morgan fingerprint density at radius 3 is 2.96 bits per heavy atom. The van der Waals surface area contributed by atoms with E-state index >= 15 is 0 Å². The number of aliphatic hydroxyl groups is 1. The van der Waals surface area contributed by atoms with E-state index in [1.54, 1.807) is 18.3 Å². The molecule has 1 aromatic heterocycles. The van der Waals surface area contributed by atoms with Crippen molar-refractivity contribution in [3.8, 4) is 0 Å². The molecular formula is C18H17ClFNO2. The third-order valence-corrected chi connectivity index (χ3v) is 4.69. The van der Waals surface area contributed by atoms with E-state index in [1.807, 2.05) is 6.07 Å². The molecule has 3 rings (SSSR count). The summed E-state index contributed by atoms with van der Waals surface area (Å²) in [5.41, 5.74) is 2.20. The van der Waals surface area contributed by atoms with Crippen LogP contribution < -0.4 is 0 Å². The highest BCUT2D eigenvalue weighted by Gasteiger charge is 2.31. The molecule has 0 bridgehead atoms. The Hall–Kier alpha value is -1.78. The Balaban J connectivity index is 1.73. The summed E-state index contributed by atoms with van der Waals surface area (Å²) in [6.45, 7) is 0. The lowest BCUT2D eigenvalue weighted by Gasteiger charge is -2.27. The van der Waals surface area contributed by atoms with E-state index in [1.165, 1.54) is 12.1 Å². The zero-order chi connectivity index (χ0) is 16.4. The third-order valence-electron chi connectivity index (χ3n) is 4.34. The van der Waals surface area contributed by atoms with Crippen LogP contribution in [-0.4, -0.2) is 15.9 Å². The fraction of sp³-hybridized carbons (Fsp3) is 0.333. The molecule has 3 nitrogen and oxygen atoms in total. The third kappa shape index (κ3) is 3.43. The number of Topliss-reactive ketones (excluding diaryl/α,β-unsaturated/α-hetero) is 1. The minimum atomic E-state index is -0.596. The van der Waals surface area contributed by atoms with Crippen LogP contribution in [0.2, 0.25) is 5.02 Å². The summed E-state index contributed by atoms with van der Waals surface area (Å²) in [4.78, 5) is 16.8. The van der Waals surface area contributed by atoms with Crippen LogP contribution >= 0.6 is 11.6 Å². The van der Waals surface area contributed by atoms with Gasteiger partial charge in [0.2, 0.25) is 0 Å². The van der Waals surface area contributed by atoms with Gasteiger partial charge in [-0.2, -0.15) is 0 Å². The summed E-state index contributed by atoms with van der Waals surface area (Å²) in [5, 5.41) is 10.4. The van der Waals surface area contributed by atoms with Crippen molar-refractivity contribution in [3.05, 3.63) is 64.2 Å². The Kier molecular flexibility index (Phi) is 4.74. The molecule has 1 aromatic carbocycles. The van der Waals surface area contributed by atoms with Gasteiger partial charge in [-0.05, 0) is 48.6 Å². The standard InChI is InChI=1S/C18H17ClFNO2/c19-15-10-12(20)5-3-11(15)4-7-16(22)13-6-8-17(23)18-14(13)2-1-9-21-18/h1-3,5,9-10,13,17,23H,4,6-8H2/t13-,17+/m1/s1. The molecule has 0 radical (unpaired) electrons. The number of carbonyl (C=O) groups is 1. The molecule has 1 N–H and O–H groups in total. The number of benzene rings is 1. The molecule has 1 heterocycles. The summed E-state index contributed by atoms with van der Waals surface area (Å²) < 4.78 is 13.1. The van der Waals surface area contributed by atoms with E-state index in [9.17, 15) is 14.3 Å². The van der Waals surface area contributed by atoms with Gasteiger partial charge in [-0.1, -0.05) is 23.7 Å². The molecule has 5 heteroatoms. The van der Waals surface area contributed by atoms with Crippen LogP contribution in [0.3, 0.4) is 0 Å². The SMILES string of the molecule is O=C(CCc1ccc(F)cc1Cl)[C@@H]1CC[C@H](O)c2ncccc21. The van der Waals surface area contributed by atoms with Gasteiger partial charge in [-0.3, -0.25) is 9.78 Å². The number of aromatic nitrogens is 1. The van der Waals surface area contributed by atoms with E-state index in [0.29, 0.717) is 36.4 Å². The lowest BCUT2D eigenvalue weighted by atomic mass is 9.80. The number of fused-ring (bicyclic) bond motifs is 1. The van der Waals surface area contributed by atoms with Crippen LogP contribution in [0.5, 0.6) is 0 Å². The minimum absolute atomic E-state index is 0.103. The number of aryl methyl sites for hydroxylation is 1. The highest BCUT2D eigenvalue weighted by Crippen LogP contribution is 2.37. The molecule has 120 valence electrons. The average molecular weight is 334 g/mol. The molecular weight excluding hydrogens is 317 g/mol. The topological polar surface area (TPSA) is 50.2 Å². The lowest BCUT2D eigenvalue weighted by Crippen LogP contribution is -2.22. The van der Waals surface area contributed by atoms with Gasteiger partial charge in [0.25, 0.3) is 0 Å². The van der Waals surface area contributed by atoms with Gasteiger partial charge < -0.3 is 5.11 Å². The van der Waals surface area contributed by atoms with Crippen LogP contribution in [0.1, 0.15) is 48.1 Å². The van der Waals surface area contributed by atoms with E-state index in [0.717, 1.165) is 11.1 Å². The number of pyridine rings is 1. The first kappa shape index (κ1) is 16.1. The quantitative estimate of drug-likeness (QED) is 0.920. The van der Waals surface area contributed by atoms with Crippen molar-refractivity contribution in [2.75, 3.05) is 0 Å². The molecule has 0 saturated heterocycles. The zero-order valence-electron chi connectivity index (χ0n) is 12.5. The van der Waals surface area contributed by atoms with E-state index in [4.69, 9.17) is 11.6 Å². The van der Waals surface area contributed by atoms with Crippen LogP contribution in [-0.2, 0) is 11.2 Å². The minimum Gasteiger partial charge on any atom is -0.387 e. The van der Waals surface area contributed by atoms with Crippen molar-refractivity contribution in [2.45, 2.75) is 37.7 Å². The van der Waals surface area contributed by atoms with Gasteiger partial charge in [0, 0.05) is 23.6 Å². The average Bonchev–Trinajstić information content (AvgIpc) is 2.54. The number of hydrogen-bond acceptors (Lipinski definition) is 3. The number of nitrogens with zero attached hydrogens (tertiary/aromatic N) is 1. The predicted molar refractivity (Wildman–Crippen MR) is 85.9 cm³/mol. The van der Waals surface area contributed by atoms with Crippen molar-refractivity contribution < 1.29 is 14.3 Å². The van der Waals surface area contributed by atoms with E-state index in [2.05, 4.69) is 4.98 Å². The lowest BCUT2D eigenvalue weighted by molar-refractivity contribution is -0.121. The van der Waals surface area contributed by atoms with Gasteiger partial charge in [-0.15, -0.1) is 0 Å². The summed E-state index contributed by atoms with van der Waals surface area (Å²) in [5.74, 6) is -0.515. The van der Waals surface area contributed by atoms with Gasteiger partial charge in [0.15, 0.2) is 0 Å². The fourth-order valence-electron chi connectivity index (χ4n) is 3.11. The maximum absolute atomic E-state index is 13.1. The molecule has 0 saturated carbocycles. The summed E-state index contributed by atoms with van der Waals surface area (Å²) >= 11 is 6.00. The van der Waals surface area contributed by atoms with E-state index < -0.39 is 6.10 Å². The fourth-order valence-corrected chi connectivity index (χ4v) is 3.37. The second kappa shape index (κ2) is 6.77. The molecule has 1 aliphatic carbocycles. The molecule has 0 fully saturated rings. The second-order valence-corrected chi connectivity index (χ2v) is 6.23. The number of hydrogen-bond donors (Lipinski definition) is 1. The van der Waals surface area contributed by atoms with Crippen molar-refractivity contribution in [1.82, 2.24) is 4.98 Å². The number of carbonyl (C=O) groups excluding carboxylic acids is 1. The molecule has 1 aliphatic rings. The van der Waals surface area contributed by atoms with Crippen LogP contribution in [0, 0.1) is 5.82 Å². The van der Waals surface area contributed by atoms with Gasteiger partial charge in [0.05, 0.1) is 11.8 Å². The second-order valence-electron chi connectivity index (χ2n) is 5.83. The summed E-state index contributed by atoms with van der Waals surface area (Å²) in [6, 6.07) is 7.87. The zero-order valence-corrected chi connectivity index (χ0v) is 13.3.